The van der Waals surface area contributed by atoms with E-state index in [9.17, 15) is 8.78 Å². The molecule has 0 spiro atoms. The number of halogens is 2. The molecule has 1 saturated heterocycles. The molecule has 0 aromatic heterocycles. The van der Waals surface area contributed by atoms with Crippen LogP contribution in [0.3, 0.4) is 0 Å². The zero-order valence-corrected chi connectivity index (χ0v) is 12.3. The summed E-state index contributed by atoms with van der Waals surface area (Å²) >= 11 is 0. The number of nitrogens with one attached hydrogen (secondary N) is 1. The number of benzene rings is 2. The van der Waals surface area contributed by atoms with Gasteiger partial charge >= 0.3 is 0 Å². The second-order valence-corrected chi connectivity index (χ2v) is 5.73. The van der Waals surface area contributed by atoms with Crippen molar-refractivity contribution in [3.8, 4) is 0 Å². The van der Waals surface area contributed by atoms with Gasteiger partial charge in [0.1, 0.15) is 11.6 Å². The second-order valence-electron chi connectivity index (χ2n) is 5.73. The third-order valence-corrected chi connectivity index (χ3v) is 4.09. The lowest BCUT2D eigenvalue weighted by Gasteiger charge is -2.19. The number of hydrogen-bond donors (Lipinski definition) is 1. The highest BCUT2D eigenvalue weighted by Gasteiger charge is 2.28. The standard InChI is InChI=1S/C18H19F2NO/c19-16-6-13(7-17(20)8-16)11-22-12-15-9-21-10-18(15)14-4-2-1-3-5-14/h1-8,15,18,21H,9-12H2/t15-,18-/m1/s1. The highest BCUT2D eigenvalue weighted by atomic mass is 19.1. The first kappa shape index (κ1) is 15.1. The zero-order valence-electron chi connectivity index (χ0n) is 12.3. The lowest BCUT2D eigenvalue weighted by Crippen LogP contribution is -2.17. The van der Waals surface area contributed by atoms with E-state index in [1.807, 2.05) is 18.2 Å². The Morgan fingerprint density at radius 1 is 1.00 bits per heavy atom. The Labute approximate surface area is 129 Å². The molecular formula is C18H19F2NO. The van der Waals surface area contributed by atoms with E-state index in [1.54, 1.807) is 0 Å². The fraction of sp³-hybridized carbons (Fsp3) is 0.333. The van der Waals surface area contributed by atoms with Crippen LogP contribution < -0.4 is 5.32 Å². The molecule has 0 aliphatic carbocycles. The lowest BCUT2D eigenvalue weighted by atomic mass is 9.89. The zero-order chi connectivity index (χ0) is 15.4. The van der Waals surface area contributed by atoms with E-state index < -0.39 is 11.6 Å². The fourth-order valence-corrected chi connectivity index (χ4v) is 3.02. The minimum atomic E-state index is -0.566. The predicted molar refractivity (Wildman–Crippen MR) is 81.6 cm³/mol. The van der Waals surface area contributed by atoms with Crippen LogP contribution in [0.2, 0.25) is 0 Å². The third kappa shape index (κ3) is 3.70. The summed E-state index contributed by atoms with van der Waals surface area (Å²) in [4.78, 5) is 0. The van der Waals surface area contributed by atoms with E-state index in [0.29, 0.717) is 24.0 Å². The Morgan fingerprint density at radius 2 is 1.73 bits per heavy atom. The molecule has 1 aliphatic heterocycles. The SMILES string of the molecule is Fc1cc(F)cc(COC[C@H]2CNC[C@@H]2c2ccccc2)c1. The first-order valence-electron chi connectivity index (χ1n) is 7.51. The van der Waals surface area contributed by atoms with Crippen LogP contribution in [-0.2, 0) is 11.3 Å². The van der Waals surface area contributed by atoms with E-state index >= 15 is 0 Å². The van der Waals surface area contributed by atoms with E-state index in [2.05, 4.69) is 17.4 Å². The molecule has 4 heteroatoms. The Morgan fingerprint density at radius 3 is 2.45 bits per heavy atom. The normalized spacial score (nSPS) is 21.2. The van der Waals surface area contributed by atoms with Crippen molar-refractivity contribution in [3.63, 3.8) is 0 Å². The largest absolute Gasteiger partial charge is 0.376 e. The highest BCUT2D eigenvalue weighted by molar-refractivity contribution is 5.22. The molecule has 0 unspecified atom stereocenters. The molecule has 2 aromatic rings. The predicted octanol–water partition coefficient (Wildman–Crippen LogP) is 3.48. The van der Waals surface area contributed by atoms with E-state index in [0.717, 1.165) is 19.2 Å². The van der Waals surface area contributed by atoms with Crippen LogP contribution in [0.5, 0.6) is 0 Å². The molecule has 3 rings (SSSR count). The molecule has 1 heterocycles. The van der Waals surface area contributed by atoms with Gasteiger partial charge in [0.25, 0.3) is 0 Å². The van der Waals surface area contributed by atoms with Crippen LogP contribution in [0.1, 0.15) is 17.0 Å². The van der Waals surface area contributed by atoms with Crippen molar-refractivity contribution in [1.82, 2.24) is 5.32 Å². The van der Waals surface area contributed by atoms with Gasteiger partial charge in [-0.05, 0) is 23.3 Å². The minimum absolute atomic E-state index is 0.229. The van der Waals surface area contributed by atoms with Gasteiger partial charge in [0.05, 0.1) is 13.2 Å². The first-order chi connectivity index (χ1) is 10.7. The van der Waals surface area contributed by atoms with Crippen LogP contribution >= 0.6 is 0 Å². The summed E-state index contributed by atoms with van der Waals surface area (Å²) < 4.78 is 32.0. The summed E-state index contributed by atoms with van der Waals surface area (Å²) in [6.45, 7) is 2.64. The summed E-state index contributed by atoms with van der Waals surface area (Å²) in [6.07, 6.45) is 0. The van der Waals surface area contributed by atoms with Crippen molar-refractivity contribution in [2.45, 2.75) is 12.5 Å². The van der Waals surface area contributed by atoms with Crippen LogP contribution in [0.25, 0.3) is 0 Å². The topological polar surface area (TPSA) is 21.3 Å². The van der Waals surface area contributed by atoms with Crippen LogP contribution in [0.15, 0.2) is 48.5 Å². The molecular weight excluding hydrogens is 284 g/mol. The maximum absolute atomic E-state index is 13.1. The molecule has 2 nitrogen and oxygen atoms in total. The van der Waals surface area contributed by atoms with Crippen molar-refractivity contribution in [2.24, 2.45) is 5.92 Å². The van der Waals surface area contributed by atoms with Gasteiger partial charge in [-0.3, -0.25) is 0 Å². The lowest BCUT2D eigenvalue weighted by molar-refractivity contribution is 0.0874. The van der Waals surface area contributed by atoms with Crippen molar-refractivity contribution in [3.05, 3.63) is 71.3 Å². The summed E-state index contributed by atoms with van der Waals surface area (Å²) in [5.74, 6) is -0.335. The summed E-state index contributed by atoms with van der Waals surface area (Å²) in [7, 11) is 0. The number of ether oxygens (including phenoxy) is 1. The molecule has 22 heavy (non-hydrogen) atoms. The van der Waals surface area contributed by atoms with Gasteiger partial charge in [-0.25, -0.2) is 8.78 Å². The van der Waals surface area contributed by atoms with Gasteiger partial charge < -0.3 is 10.1 Å². The maximum atomic E-state index is 13.1. The number of rotatable bonds is 5. The molecule has 116 valence electrons. The average molecular weight is 303 g/mol. The first-order valence-corrected chi connectivity index (χ1v) is 7.51. The number of hydrogen-bond acceptors (Lipinski definition) is 2. The van der Waals surface area contributed by atoms with Gasteiger partial charge in [0.15, 0.2) is 0 Å². The van der Waals surface area contributed by atoms with Crippen molar-refractivity contribution < 1.29 is 13.5 Å². The van der Waals surface area contributed by atoms with Crippen LogP contribution in [-0.4, -0.2) is 19.7 Å². The molecule has 1 fully saturated rings. The Hall–Kier alpha value is -1.78. The van der Waals surface area contributed by atoms with Crippen molar-refractivity contribution in [2.75, 3.05) is 19.7 Å². The molecule has 0 bridgehead atoms. The molecule has 2 atom stereocenters. The second kappa shape index (κ2) is 6.99. The monoisotopic (exact) mass is 303 g/mol. The fourth-order valence-electron chi connectivity index (χ4n) is 3.02. The van der Waals surface area contributed by atoms with E-state index in [-0.39, 0.29) is 6.61 Å². The Bertz CT molecular complexity index is 597. The Balaban J connectivity index is 1.56. The summed E-state index contributed by atoms with van der Waals surface area (Å²) in [6, 6.07) is 13.8. The summed E-state index contributed by atoms with van der Waals surface area (Å²) in [5, 5.41) is 3.39. The van der Waals surface area contributed by atoms with Gasteiger partial charge in [-0.2, -0.15) is 0 Å². The molecule has 1 N–H and O–H groups in total. The van der Waals surface area contributed by atoms with Crippen molar-refractivity contribution >= 4 is 0 Å². The van der Waals surface area contributed by atoms with Gasteiger partial charge in [-0.15, -0.1) is 0 Å². The van der Waals surface area contributed by atoms with Crippen LogP contribution in [0.4, 0.5) is 8.78 Å². The smallest absolute Gasteiger partial charge is 0.126 e. The third-order valence-electron chi connectivity index (χ3n) is 4.09. The maximum Gasteiger partial charge on any atom is 0.126 e. The quantitative estimate of drug-likeness (QED) is 0.913. The van der Waals surface area contributed by atoms with Gasteiger partial charge in [-0.1, -0.05) is 30.3 Å². The minimum Gasteiger partial charge on any atom is -0.376 e. The molecule has 2 aromatic carbocycles. The summed E-state index contributed by atoms with van der Waals surface area (Å²) in [5.41, 5.74) is 1.83. The Kier molecular flexibility index (Phi) is 4.80. The van der Waals surface area contributed by atoms with E-state index in [4.69, 9.17) is 4.74 Å². The molecule has 0 radical (unpaired) electrons. The van der Waals surface area contributed by atoms with Gasteiger partial charge in [0, 0.05) is 31.0 Å². The van der Waals surface area contributed by atoms with Crippen molar-refractivity contribution in [1.29, 1.82) is 0 Å². The molecule has 0 saturated carbocycles. The average Bonchev–Trinajstić information content (AvgIpc) is 2.96. The highest BCUT2D eigenvalue weighted by Crippen LogP contribution is 2.28. The van der Waals surface area contributed by atoms with E-state index in [1.165, 1.54) is 17.7 Å². The molecule has 0 amide bonds. The van der Waals surface area contributed by atoms with Gasteiger partial charge in [0.2, 0.25) is 0 Å². The van der Waals surface area contributed by atoms with Crippen LogP contribution in [0, 0.1) is 17.6 Å². The molecule has 1 aliphatic rings.